The molecule has 7 heteroatoms. The van der Waals surface area contributed by atoms with Gasteiger partial charge >= 0.3 is 17.9 Å². The Bertz CT molecular complexity index is 458. The first-order chi connectivity index (χ1) is 9.67. The van der Waals surface area contributed by atoms with E-state index in [0.717, 1.165) is 6.08 Å². The average Bonchev–Trinajstić information content (AvgIpc) is 2.50. The van der Waals surface area contributed by atoms with Gasteiger partial charge < -0.3 is 14.2 Å². The number of methoxy groups -OCH3 is 1. The number of rotatable bonds is 8. The van der Waals surface area contributed by atoms with Crippen LogP contribution in [-0.2, 0) is 14.3 Å². The van der Waals surface area contributed by atoms with Gasteiger partial charge in [0, 0.05) is 18.5 Å². The van der Waals surface area contributed by atoms with Gasteiger partial charge in [-0.25, -0.2) is 19.6 Å². The number of hydrogen-bond acceptors (Lipinski definition) is 7. The minimum Gasteiger partial charge on any atom is -0.465 e. The molecule has 0 aliphatic carbocycles. The van der Waals surface area contributed by atoms with E-state index in [1.54, 1.807) is 0 Å². The van der Waals surface area contributed by atoms with Gasteiger partial charge in [-0.3, -0.25) is 0 Å². The van der Waals surface area contributed by atoms with Crippen LogP contribution in [0.2, 0.25) is 0 Å². The first-order valence-electron chi connectivity index (χ1n) is 5.99. The summed E-state index contributed by atoms with van der Waals surface area (Å²) in [7, 11) is 1.28. The Morgan fingerprint density at radius 2 is 1.90 bits per heavy atom. The molecule has 0 aliphatic heterocycles. The summed E-state index contributed by atoms with van der Waals surface area (Å²) >= 11 is 0. The van der Waals surface area contributed by atoms with E-state index < -0.39 is 11.9 Å². The molecule has 7 nitrogen and oxygen atoms in total. The van der Waals surface area contributed by atoms with Crippen molar-refractivity contribution in [2.24, 2.45) is 0 Å². The van der Waals surface area contributed by atoms with E-state index in [1.807, 2.05) is 0 Å². The second-order valence-corrected chi connectivity index (χ2v) is 3.67. The van der Waals surface area contributed by atoms with Crippen LogP contribution in [0, 0.1) is 0 Å². The molecule has 0 unspecified atom stereocenters. The van der Waals surface area contributed by atoms with Crippen molar-refractivity contribution in [2.75, 3.05) is 20.3 Å². The summed E-state index contributed by atoms with van der Waals surface area (Å²) in [6, 6.07) is 0.181. The molecule has 1 heterocycles. The molecule has 0 saturated heterocycles. The molecule has 0 fully saturated rings. The fourth-order valence-corrected chi connectivity index (χ4v) is 1.21. The van der Waals surface area contributed by atoms with Crippen molar-refractivity contribution in [3.63, 3.8) is 0 Å². The molecule has 1 aromatic rings. The molecular formula is C13H16N2O5. The van der Waals surface area contributed by atoms with E-state index in [0.29, 0.717) is 26.1 Å². The Hall–Kier alpha value is -2.44. The number of ether oxygens (including phenoxy) is 3. The number of nitrogens with zero attached hydrogens (tertiary/aromatic N) is 2. The van der Waals surface area contributed by atoms with Crippen molar-refractivity contribution in [1.82, 2.24) is 9.97 Å². The summed E-state index contributed by atoms with van der Waals surface area (Å²) in [5.74, 6) is -0.937. The molecule has 1 rings (SSSR count). The zero-order valence-electron chi connectivity index (χ0n) is 11.2. The van der Waals surface area contributed by atoms with Crippen LogP contribution >= 0.6 is 0 Å². The van der Waals surface area contributed by atoms with Crippen LogP contribution in [0.4, 0.5) is 0 Å². The summed E-state index contributed by atoms with van der Waals surface area (Å²) in [5, 5.41) is 0. The van der Waals surface area contributed by atoms with Crippen LogP contribution in [0.25, 0.3) is 0 Å². The Kier molecular flexibility index (Phi) is 6.74. The van der Waals surface area contributed by atoms with Gasteiger partial charge in [0.15, 0.2) is 0 Å². The average molecular weight is 280 g/mol. The first kappa shape index (κ1) is 15.6. The first-order valence-corrected chi connectivity index (χ1v) is 5.99. The molecule has 108 valence electrons. The zero-order chi connectivity index (χ0) is 14.8. The van der Waals surface area contributed by atoms with Crippen LogP contribution in [0.15, 0.2) is 25.0 Å². The van der Waals surface area contributed by atoms with Gasteiger partial charge in [0.05, 0.1) is 25.9 Å². The lowest BCUT2D eigenvalue weighted by Gasteiger charge is -2.05. The fourth-order valence-electron chi connectivity index (χ4n) is 1.21. The van der Waals surface area contributed by atoms with Gasteiger partial charge in [-0.15, -0.1) is 0 Å². The number of hydrogen-bond donors (Lipinski definition) is 0. The van der Waals surface area contributed by atoms with E-state index in [9.17, 15) is 9.59 Å². The number of aromatic nitrogens is 2. The minimum atomic E-state index is -0.499. The standard InChI is InChI=1S/C13H16N2O5/c1-3-11(16)19-6-4-5-7-20-13-14-8-10(9-15-13)12(17)18-2/h3,8-9H,1,4-7H2,2H3. The molecule has 0 atom stereocenters. The Morgan fingerprint density at radius 3 is 2.50 bits per heavy atom. The molecular weight excluding hydrogens is 264 g/mol. The van der Waals surface area contributed by atoms with Crippen LogP contribution in [-0.4, -0.2) is 42.2 Å². The fraction of sp³-hybridized carbons (Fsp3) is 0.385. The third-order valence-electron chi connectivity index (χ3n) is 2.23. The maximum atomic E-state index is 11.1. The van der Waals surface area contributed by atoms with Crippen LogP contribution in [0.1, 0.15) is 23.2 Å². The van der Waals surface area contributed by atoms with Gasteiger partial charge in [-0.2, -0.15) is 0 Å². The number of carbonyl (C=O) groups is 2. The van der Waals surface area contributed by atoms with Crippen molar-refractivity contribution < 1.29 is 23.8 Å². The largest absolute Gasteiger partial charge is 0.465 e. The third-order valence-corrected chi connectivity index (χ3v) is 2.23. The van der Waals surface area contributed by atoms with Crippen LogP contribution in [0.5, 0.6) is 6.01 Å². The van der Waals surface area contributed by atoms with Crippen molar-refractivity contribution in [3.05, 3.63) is 30.6 Å². The Labute approximate surface area is 116 Å². The predicted molar refractivity (Wildman–Crippen MR) is 69.3 cm³/mol. The monoisotopic (exact) mass is 280 g/mol. The van der Waals surface area contributed by atoms with Gasteiger partial charge in [0.1, 0.15) is 0 Å². The highest BCUT2D eigenvalue weighted by atomic mass is 16.5. The number of unbranched alkanes of at least 4 members (excludes halogenated alkanes) is 1. The number of esters is 2. The lowest BCUT2D eigenvalue weighted by Crippen LogP contribution is -2.07. The Morgan fingerprint density at radius 1 is 1.25 bits per heavy atom. The predicted octanol–water partition coefficient (Wildman–Crippen LogP) is 1.15. The van der Waals surface area contributed by atoms with E-state index in [-0.39, 0.29) is 11.6 Å². The molecule has 20 heavy (non-hydrogen) atoms. The molecule has 0 radical (unpaired) electrons. The second kappa shape index (κ2) is 8.63. The van der Waals surface area contributed by atoms with Gasteiger partial charge in [0.25, 0.3) is 0 Å². The highest BCUT2D eigenvalue weighted by Crippen LogP contribution is 2.04. The van der Waals surface area contributed by atoms with Crippen molar-refractivity contribution >= 4 is 11.9 Å². The summed E-state index contributed by atoms with van der Waals surface area (Å²) < 4.78 is 14.6. The van der Waals surface area contributed by atoms with E-state index >= 15 is 0 Å². The van der Waals surface area contributed by atoms with E-state index in [1.165, 1.54) is 19.5 Å². The lowest BCUT2D eigenvalue weighted by atomic mass is 10.3. The van der Waals surface area contributed by atoms with E-state index in [4.69, 9.17) is 9.47 Å². The normalized spacial score (nSPS) is 9.65. The summed E-state index contributed by atoms with van der Waals surface area (Å²) in [4.78, 5) is 29.6. The van der Waals surface area contributed by atoms with Gasteiger partial charge in [0.2, 0.25) is 0 Å². The Balaban J connectivity index is 2.20. The maximum Gasteiger partial charge on any atom is 0.341 e. The lowest BCUT2D eigenvalue weighted by molar-refractivity contribution is -0.137. The maximum absolute atomic E-state index is 11.1. The quantitative estimate of drug-likeness (QED) is 0.401. The third kappa shape index (κ3) is 5.47. The molecule has 0 amide bonds. The topological polar surface area (TPSA) is 87.6 Å². The van der Waals surface area contributed by atoms with Crippen molar-refractivity contribution in [2.45, 2.75) is 12.8 Å². The van der Waals surface area contributed by atoms with Crippen LogP contribution in [0.3, 0.4) is 0 Å². The molecule has 0 N–H and O–H groups in total. The minimum absolute atomic E-state index is 0.181. The highest BCUT2D eigenvalue weighted by Gasteiger charge is 2.06. The molecule has 1 aromatic heterocycles. The van der Waals surface area contributed by atoms with Gasteiger partial charge in [-0.05, 0) is 12.8 Å². The smallest absolute Gasteiger partial charge is 0.341 e. The molecule has 0 aliphatic rings. The SMILES string of the molecule is C=CC(=O)OCCCCOc1ncc(C(=O)OC)cn1. The molecule has 0 saturated carbocycles. The summed E-state index contributed by atoms with van der Waals surface area (Å²) in [6.45, 7) is 4.00. The van der Waals surface area contributed by atoms with Crippen molar-refractivity contribution in [1.29, 1.82) is 0 Å². The van der Waals surface area contributed by atoms with E-state index in [2.05, 4.69) is 21.3 Å². The summed E-state index contributed by atoms with van der Waals surface area (Å²) in [5.41, 5.74) is 0.260. The number of carbonyl (C=O) groups excluding carboxylic acids is 2. The molecule has 0 spiro atoms. The van der Waals surface area contributed by atoms with Crippen molar-refractivity contribution in [3.8, 4) is 6.01 Å². The molecule has 0 aromatic carbocycles. The zero-order valence-corrected chi connectivity index (χ0v) is 11.2. The summed E-state index contributed by atoms with van der Waals surface area (Å²) in [6.07, 6.45) is 5.14. The van der Waals surface area contributed by atoms with Gasteiger partial charge in [-0.1, -0.05) is 6.58 Å². The van der Waals surface area contributed by atoms with Crippen LogP contribution < -0.4 is 4.74 Å². The molecule has 0 bridgehead atoms. The highest BCUT2D eigenvalue weighted by molar-refractivity contribution is 5.88. The second-order valence-electron chi connectivity index (χ2n) is 3.67.